The van der Waals surface area contributed by atoms with Crippen LogP contribution in [0.4, 0.5) is 0 Å². The Labute approximate surface area is 139 Å². The summed E-state index contributed by atoms with van der Waals surface area (Å²) >= 11 is 0. The number of hydrogen-bond donors (Lipinski definition) is 0. The fourth-order valence-corrected chi connectivity index (χ4v) is 2.57. The highest BCUT2D eigenvalue weighted by molar-refractivity contribution is 5.33. The van der Waals surface area contributed by atoms with Gasteiger partial charge in [0.1, 0.15) is 0 Å². The maximum Gasteiger partial charge on any atom is 0.328 e. The van der Waals surface area contributed by atoms with E-state index in [1.165, 1.54) is 0 Å². The maximum atomic E-state index is 12.5. The molecule has 0 unspecified atom stereocenters. The maximum absolute atomic E-state index is 12.5. The summed E-state index contributed by atoms with van der Waals surface area (Å²) in [6.07, 6.45) is 3.46. The van der Waals surface area contributed by atoms with Crippen LogP contribution in [0.25, 0.3) is 0 Å². The number of rotatable bonds is 4. The Morgan fingerprint density at radius 3 is 1.67 bits per heavy atom. The van der Waals surface area contributed by atoms with E-state index in [9.17, 15) is 4.79 Å². The normalized spacial score (nSPS) is 10.1. The van der Waals surface area contributed by atoms with Gasteiger partial charge >= 0.3 is 5.69 Å². The molecule has 24 heavy (non-hydrogen) atoms. The van der Waals surface area contributed by atoms with Gasteiger partial charge in [-0.05, 0) is 35.4 Å². The summed E-state index contributed by atoms with van der Waals surface area (Å²) in [5.74, 6) is 0. The van der Waals surface area contributed by atoms with Crippen molar-refractivity contribution in [3.05, 3.63) is 93.7 Å². The molecule has 0 bridgehead atoms. The van der Waals surface area contributed by atoms with Crippen LogP contribution in [0, 0.1) is 22.7 Å². The van der Waals surface area contributed by atoms with Crippen molar-refractivity contribution in [2.24, 2.45) is 0 Å². The first-order valence-corrected chi connectivity index (χ1v) is 7.43. The molecular weight excluding hydrogens is 300 g/mol. The molecule has 5 heteroatoms. The Balaban J connectivity index is 1.82. The Morgan fingerprint density at radius 2 is 1.25 bits per heavy atom. The first kappa shape index (κ1) is 15.3. The van der Waals surface area contributed by atoms with Gasteiger partial charge in [-0.1, -0.05) is 24.3 Å². The fraction of sp³-hybridized carbons (Fsp3) is 0.105. The molecule has 0 saturated carbocycles. The van der Waals surface area contributed by atoms with Crippen LogP contribution in [0.15, 0.2) is 65.7 Å². The highest BCUT2D eigenvalue weighted by Gasteiger charge is 2.06. The summed E-state index contributed by atoms with van der Waals surface area (Å²) in [5, 5.41) is 17.9. The van der Waals surface area contributed by atoms with E-state index in [2.05, 4.69) is 12.1 Å². The van der Waals surface area contributed by atoms with Gasteiger partial charge in [0.15, 0.2) is 0 Å². The third-order valence-electron chi connectivity index (χ3n) is 3.74. The van der Waals surface area contributed by atoms with E-state index in [0.29, 0.717) is 24.2 Å². The van der Waals surface area contributed by atoms with Crippen LogP contribution < -0.4 is 5.69 Å². The summed E-state index contributed by atoms with van der Waals surface area (Å²) < 4.78 is 3.20. The minimum atomic E-state index is -0.125. The van der Waals surface area contributed by atoms with Gasteiger partial charge in [0.2, 0.25) is 0 Å². The zero-order chi connectivity index (χ0) is 16.9. The van der Waals surface area contributed by atoms with E-state index in [1.54, 1.807) is 45.8 Å². The van der Waals surface area contributed by atoms with E-state index in [4.69, 9.17) is 10.5 Å². The van der Waals surface area contributed by atoms with Gasteiger partial charge in [-0.2, -0.15) is 10.5 Å². The number of aromatic nitrogens is 2. The van der Waals surface area contributed by atoms with Crippen LogP contribution in [-0.4, -0.2) is 9.13 Å². The van der Waals surface area contributed by atoms with E-state index in [1.807, 2.05) is 24.3 Å². The minimum Gasteiger partial charge on any atom is -0.295 e. The largest absolute Gasteiger partial charge is 0.328 e. The number of imidazole rings is 1. The molecule has 116 valence electrons. The minimum absolute atomic E-state index is 0.125. The van der Waals surface area contributed by atoms with Crippen LogP contribution in [0.2, 0.25) is 0 Å². The van der Waals surface area contributed by atoms with Gasteiger partial charge < -0.3 is 0 Å². The lowest BCUT2D eigenvalue weighted by atomic mass is 10.1. The Bertz CT molecular complexity index is 935. The third-order valence-corrected chi connectivity index (χ3v) is 3.74. The monoisotopic (exact) mass is 314 g/mol. The van der Waals surface area contributed by atoms with Gasteiger partial charge in [-0.3, -0.25) is 9.13 Å². The van der Waals surface area contributed by atoms with Crippen LogP contribution in [0.5, 0.6) is 0 Å². The van der Waals surface area contributed by atoms with Gasteiger partial charge in [-0.15, -0.1) is 0 Å². The van der Waals surface area contributed by atoms with Crippen LogP contribution in [-0.2, 0) is 13.1 Å². The molecule has 0 atom stereocenters. The Kier molecular flexibility index (Phi) is 4.27. The zero-order valence-electron chi connectivity index (χ0n) is 12.9. The van der Waals surface area contributed by atoms with Crippen molar-refractivity contribution in [3.63, 3.8) is 0 Å². The molecule has 0 saturated heterocycles. The van der Waals surface area contributed by atoms with Crippen molar-refractivity contribution in [1.29, 1.82) is 10.5 Å². The summed E-state index contributed by atoms with van der Waals surface area (Å²) in [5.41, 5.74) is 2.84. The van der Waals surface area contributed by atoms with Crippen LogP contribution in [0.1, 0.15) is 22.3 Å². The van der Waals surface area contributed by atoms with E-state index < -0.39 is 0 Å². The highest BCUT2D eigenvalue weighted by atomic mass is 16.1. The Hall–Kier alpha value is -3.57. The smallest absolute Gasteiger partial charge is 0.295 e. The van der Waals surface area contributed by atoms with Gasteiger partial charge in [0, 0.05) is 12.4 Å². The predicted octanol–water partition coefficient (Wildman–Crippen LogP) is 2.49. The molecule has 5 nitrogen and oxygen atoms in total. The molecule has 0 N–H and O–H groups in total. The van der Waals surface area contributed by atoms with Gasteiger partial charge in [-0.25, -0.2) is 4.79 Å². The number of nitrogens with zero attached hydrogens (tertiary/aromatic N) is 4. The molecule has 0 radical (unpaired) electrons. The molecule has 3 rings (SSSR count). The molecule has 0 aliphatic heterocycles. The first-order valence-electron chi connectivity index (χ1n) is 7.43. The van der Waals surface area contributed by atoms with Crippen LogP contribution in [0.3, 0.4) is 0 Å². The molecule has 2 aromatic carbocycles. The second kappa shape index (κ2) is 6.68. The fourth-order valence-electron chi connectivity index (χ4n) is 2.57. The average molecular weight is 314 g/mol. The van der Waals surface area contributed by atoms with Crippen molar-refractivity contribution < 1.29 is 0 Å². The number of benzene rings is 2. The predicted molar refractivity (Wildman–Crippen MR) is 89.2 cm³/mol. The number of nitriles is 2. The molecule has 3 aromatic rings. The molecule has 0 aliphatic rings. The first-order chi connectivity index (χ1) is 11.7. The molecule has 0 spiro atoms. The lowest BCUT2D eigenvalue weighted by Crippen LogP contribution is -2.24. The standard InChI is InChI=1S/C19H14N4O/c20-11-15-3-1-5-17(9-15)13-22-7-8-23(19(22)24)14-18-6-2-4-16(10-18)12-21/h1-10H,13-14H2. The summed E-state index contributed by atoms with van der Waals surface area (Å²) in [6.45, 7) is 0.833. The summed E-state index contributed by atoms with van der Waals surface area (Å²) in [6, 6.07) is 18.6. The molecule has 1 aromatic heterocycles. The second-order valence-electron chi connectivity index (χ2n) is 5.46. The van der Waals surface area contributed by atoms with E-state index >= 15 is 0 Å². The lowest BCUT2D eigenvalue weighted by molar-refractivity contribution is 0.684. The van der Waals surface area contributed by atoms with E-state index in [-0.39, 0.29) is 5.69 Å². The molecule has 0 aliphatic carbocycles. The van der Waals surface area contributed by atoms with Crippen molar-refractivity contribution in [1.82, 2.24) is 9.13 Å². The molecular formula is C19H14N4O. The van der Waals surface area contributed by atoms with Crippen molar-refractivity contribution in [3.8, 4) is 12.1 Å². The SMILES string of the molecule is N#Cc1cccc(Cn2ccn(Cc3cccc(C#N)c3)c2=O)c1. The Morgan fingerprint density at radius 1 is 0.792 bits per heavy atom. The second-order valence-corrected chi connectivity index (χ2v) is 5.46. The van der Waals surface area contributed by atoms with Gasteiger partial charge in [0.05, 0.1) is 36.4 Å². The summed E-state index contributed by atoms with van der Waals surface area (Å²) in [7, 11) is 0. The van der Waals surface area contributed by atoms with E-state index in [0.717, 1.165) is 11.1 Å². The van der Waals surface area contributed by atoms with Gasteiger partial charge in [0.25, 0.3) is 0 Å². The topological polar surface area (TPSA) is 74.5 Å². The van der Waals surface area contributed by atoms with Crippen LogP contribution >= 0.6 is 0 Å². The molecule has 0 fully saturated rings. The quantitative estimate of drug-likeness (QED) is 0.742. The zero-order valence-corrected chi connectivity index (χ0v) is 12.9. The average Bonchev–Trinajstić information content (AvgIpc) is 2.95. The molecule has 0 amide bonds. The molecule has 1 heterocycles. The summed E-state index contributed by atoms with van der Waals surface area (Å²) in [4.78, 5) is 12.5. The number of hydrogen-bond acceptors (Lipinski definition) is 3. The third kappa shape index (κ3) is 3.26. The van der Waals surface area contributed by atoms with Crippen molar-refractivity contribution in [2.45, 2.75) is 13.1 Å². The lowest BCUT2D eigenvalue weighted by Gasteiger charge is -2.04. The highest BCUT2D eigenvalue weighted by Crippen LogP contribution is 2.07. The van der Waals surface area contributed by atoms with Crippen molar-refractivity contribution >= 4 is 0 Å². The van der Waals surface area contributed by atoms with Crippen molar-refractivity contribution in [2.75, 3.05) is 0 Å².